The highest BCUT2D eigenvalue weighted by atomic mass is 16.2. The number of hydrogen-bond donors (Lipinski definition) is 3. The summed E-state index contributed by atoms with van der Waals surface area (Å²) in [6.45, 7) is 9.10. The zero-order valence-corrected chi connectivity index (χ0v) is 18.8. The summed E-state index contributed by atoms with van der Waals surface area (Å²) in [5.41, 5.74) is 2.40. The van der Waals surface area contributed by atoms with Crippen molar-refractivity contribution >= 4 is 29.1 Å². The summed E-state index contributed by atoms with van der Waals surface area (Å²) in [6.07, 6.45) is 0. The van der Waals surface area contributed by atoms with Crippen LogP contribution >= 0.6 is 0 Å². The molecule has 2 aromatic carbocycles. The maximum atomic E-state index is 13.0. The minimum atomic E-state index is -0.156. The SMILES string of the molecule is CC[NH+](CC(=O)Nc1ccc(NC(C)=O)cc1)CC(=O)N(Cc1ccccc1)C(C)C. The molecule has 2 aromatic rings. The first-order valence-corrected chi connectivity index (χ1v) is 10.6. The highest BCUT2D eigenvalue weighted by Gasteiger charge is 2.23. The van der Waals surface area contributed by atoms with Crippen LogP contribution in [0.4, 0.5) is 11.4 Å². The number of anilines is 2. The Hall–Kier alpha value is -3.19. The zero-order chi connectivity index (χ0) is 22.8. The van der Waals surface area contributed by atoms with E-state index in [9.17, 15) is 14.4 Å². The maximum Gasteiger partial charge on any atom is 0.279 e. The molecule has 0 aliphatic rings. The summed E-state index contributed by atoms with van der Waals surface area (Å²) in [6, 6.07) is 16.9. The number of likely N-dealkylation sites (N-methyl/N-ethyl adjacent to an activating group) is 1. The average Bonchev–Trinajstić information content (AvgIpc) is 2.73. The number of amides is 3. The summed E-state index contributed by atoms with van der Waals surface area (Å²) in [5, 5.41) is 5.54. The number of nitrogens with zero attached hydrogens (tertiary/aromatic N) is 1. The minimum absolute atomic E-state index is 0.0307. The van der Waals surface area contributed by atoms with Crippen molar-refractivity contribution in [3.05, 3.63) is 60.2 Å². The van der Waals surface area contributed by atoms with Crippen molar-refractivity contribution < 1.29 is 19.3 Å². The molecule has 0 heterocycles. The first kappa shape index (κ1) is 24.1. The van der Waals surface area contributed by atoms with Crippen molar-refractivity contribution in [1.29, 1.82) is 0 Å². The second kappa shape index (κ2) is 11.9. The molecule has 0 aliphatic carbocycles. The Labute approximate surface area is 184 Å². The van der Waals surface area contributed by atoms with Crippen LogP contribution in [0, 0.1) is 0 Å². The van der Waals surface area contributed by atoms with Gasteiger partial charge in [-0.1, -0.05) is 30.3 Å². The Bertz CT molecular complexity index is 866. The fourth-order valence-corrected chi connectivity index (χ4v) is 3.24. The fourth-order valence-electron chi connectivity index (χ4n) is 3.24. The van der Waals surface area contributed by atoms with Crippen LogP contribution in [0.25, 0.3) is 0 Å². The molecule has 0 saturated carbocycles. The van der Waals surface area contributed by atoms with Crippen LogP contribution in [0.3, 0.4) is 0 Å². The smallest absolute Gasteiger partial charge is 0.279 e. The lowest BCUT2D eigenvalue weighted by atomic mass is 10.2. The molecule has 0 radical (unpaired) electrons. The minimum Gasteiger partial charge on any atom is -0.331 e. The first-order valence-electron chi connectivity index (χ1n) is 10.6. The van der Waals surface area contributed by atoms with Gasteiger partial charge in [0.2, 0.25) is 5.91 Å². The molecule has 166 valence electrons. The summed E-state index contributed by atoms with van der Waals surface area (Å²) < 4.78 is 0. The van der Waals surface area contributed by atoms with Gasteiger partial charge in [-0.15, -0.1) is 0 Å². The summed E-state index contributed by atoms with van der Waals surface area (Å²) in [7, 11) is 0. The van der Waals surface area contributed by atoms with Crippen molar-refractivity contribution in [2.24, 2.45) is 0 Å². The van der Waals surface area contributed by atoms with Crippen LogP contribution in [0.15, 0.2) is 54.6 Å². The molecule has 1 atom stereocenters. The average molecular weight is 426 g/mol. The molecule has 1 unspecified atom stereocenters. The third-order valence-electron chi connectivity index (χ3n) is 4.94. The molecule has 0 aliphatic heterocycles. The second-order valence-corrected chi connectivity index (χ2v) is 7.86. The van der Waals surface area contributed by atoms with Crippen molar-refractivity contribution in [3.8, 4) is 0 Å². The largest absolute Gasteiger partial charge is 0.331 e. The Balaban J connectivity index is 1.92. The number of hydrogen-bond acceptors (Lipinski definition) is 3. The van der Waals surface area contributed by atoms with E-state index >= 15 is 0 Å². The standard InChI is InChI=1S/C24H32N4O3/c1-5-27(16-23(30)26-22-13-11-21(12-14-22)25-19(4)29)17-24(31)28(18(2)3)15-20-9-7-6-8-10-20/h6-14,18H,5,15-17H2,1-4H3,(H,25,29)(H,26,30)/p+1. The van der Waals surface area contributed by atoms with Gasteiger partial charge >= 0.3 is 0 Å². The molecule has 2 rings (SSSR count). The van der Waals surface area contributed by atoms with Gasteiger partial charge < -0.3 is 20.4 Å². The maximum absolute atomic E-state index is 13.0. The number of quaternary nitrogens is 1. The van der Waals surface area contributed by atoms with Crippen LogP contribution in [0.1, 0.15) is 33.3 Å². The van der Waals surface area contributed by atoms with Crippen LogP contribution in [0.5, 0.6) is 0 Å². The first-order chi connectivity index (χ1) is 14.8. The van der Waals surface area contributed by atoms with Crippen LogP contribution < -0.4 is 15.5 Å². The molecule has 7 heteroatoms. The number of nitrogens with one attached hydrogen (secondary N) is 3. The molecule has 0 saturated heterocycles. The van der Waals surface area contributed by atoms with Crippen molar-refractivity contribution in [3.63, 3.8) is 0 Å². The Morgan fingerprint density at radius 1 is 0.903 bits per heavy atom. The zero-order valence-electron chi connectivity index (χ0n) is 18.8. The summed E-state index contributed by atoms with van der Waals surface area (Å²) in [5.74, 6) is -0.273. The van der Waals surface area contributed by atoms with E-state index in [1.165, 1.54) is 6.92 Å². The fraction of sp³-hybridized carbons (Fsp3) is 0.375. The highest BCUT2D eigenvalue weighted by Crippen LogP contribution is 2.13. The predicted molar refractivity (Wildman–Crippen MR) is 123 cm³/mol. The highest BCUT2D eigenvalue weighted by molar-refractivity contribution is 5.92. The molecule has 3 amide bonds. The molecular formula is C24H33N4O3+. The lowest BCUT2D eigenvalue weighted by Crippen LogP contribution is -3.14. The topological polar surface area (TPSA) is 83.0 Å². The Morgan fingerprint density at radius 3 is 2.00 bits per heavy atom. The van der Waals surface area contributed by atoms with E-state index in [1.54, 1.807) is 24.3 Å². The third-order valence-corrected chi connectivity index (χ3v) is 4.94. The van der Waals surface area contributed by atoms with Gasteiger partial charge in [-0.2, -0.15) is 0 Å². The van der Waals surface area contributed by atoms with E-state index in [4.69, 9.17) is 0 Å². The third kappa shape index (κ3) is 8.22. The predicted octanol–water partition coefficient (Wildman–Crippen LogP) is 1.93. The number of carbonyl (C=O) groups is 3. The Kier molecular flexibility index (Phi) is 9.21. The van der Waals surface area contributed by atoms with E-state index in [0.29, 0.717) is 24.5 Å². The van der Waals surface area contributed by atoms with Crippen molar-refractivity contribution in [2.45, 2.75) is 40.3 Å². The molecule has 0 bridgehead atoms. The summed E-state index contributed by atoms with van der Waals surface area (Å²) >= 11 is 0. The van der Waals surface area contributed by atoms with Gasteiger partial charge in [0, 0.05) is 30.9 Å². The van der Waals surface area contributed by atoms with Crippen molar-refractivity contribution in [1.82, 2.24) is 4.90 Å². The van der Waals surface area contributed by atoms with Crippen LogP contribution in [-0.4, -0.2) is 48.3 Å². The van der Waals surface area contributed by atoms with E-state index in [1.807, 2.05) is 56.0 Å². The lowest BCUT2D eigenvalue weighted by molar-refractivity contribution is -0.882. The molecule has 3 N–H and O–H groups in total. The van der Waals surface area contributed by atoms with Gasteiger partial charge in [-0.05, 0) is 50.6 Å². The lowest BCUT2D eigenvalue weighted by Gasteiger charge is -2.28. The van der Waals surface area contributed by atoms with Gasteiger partial charge in [-0.25, -0.2) is 0 Å². The van der Waals surface area contributed by atoms with Crippen molar-refractivity contribution in [2.75, 3.05) is 30.3 Å². The van der Waals surface area contributed by atoms with E-state index in [2.05, 4.69) is 10.6 Å². The van der Waals surface area contributed by atoms with Gasteiger partial charge in [0.05, 0.1) is 6.54 Å². The van der Waals surface area contributed by atoms with Crippen LogP contribution in [0.2, 0.25) is 0 Å². The number of carbonyl (C=O) groups excluding carboxylic acids is 3. The molecular weight excluding hydrogens is 392 g/mol. The van der Waals surface area contributed by atoms with E-state index < -0.39 is 0 Å². The van der Waals surface area contributed by atoms with Gasteiger partial charge in [0.1, 0.15) is 0 Å². The van der Waals surface area contributed by atoms with E-state index in [0.717, 1.165) is 10.5 Å². The molecule has 0 aromatic heterocycles. The van der Waals surface area contributed by atoms with Gasteiger partial charge in [-0.3, -0.25) is 14.4 Å². The second-order valence-electron chi connectivity index (χ2n) is 7.86. The normalized spacial score (nSPS) is 11.6. The molecule has 0 spiro atoms. The van der Waals surface area contributed by atoms with Gasteiger partial charge in [0.25, 0.3) is 11.8 Å². The number of benzene rings is 2. The summed E-state index contributed by atoms with van der Waals surface area (Å²) in [4.78, 5) is 39.3. The monoisotopic (exact) mass is 425 g/mol. The van der Waals surface area contributed by atoms with Crippen LogP contribution in [-0.2, 0) is 20.9 Å². The number of rotatable bonds is 10. The van der Waals surface area contributed by atoms with Gasteiger partial charge in [0.15, 0.2) is 13.1 Å². The molecule has 0 fully saturated rings. The molecule has 7 nitrogen and oxygen atoms in total. The van der Waals surface area contributed by atoms with E-state index in [-0.39, 0.29) is 36.9 Å². The molecule has 31 heavy (non-hydrogen) atoms. The Morgan fingerprint density at radius 2 is 1.48 bits per heavy atom. The quantitative estimate of drug-likeness (QED) is 0.544.